The molecule has 0 unspecified atom stereocenters. The van der Waals surface area contributed by atoms with Crippen molar-refractivity contribution in [2.24, 2.45) is 5.73 Å². The zero-order valence-electron chi connectivity index (χ0n) is 8.13. The normalized spacial score (nSPS) is 7.27. The van der Waals surface area contributed by atoms with E-state index in [0.717, 1.165) is 0 Å². The molecule has 0 saturated carbocycles. The zero-order chi connectivity index (χ0) is 9.86. The minimum Gasteiger partial charge on any atom is -0.394 e. The molecular formula is C8H20N2O. The molecule has 0 atom stereocenters. The van der Waals surface area contributed by atoms with Gasteiger partial charge in [-0.05, 0) is 19.9 Å². The third kappa shape index (κ3) is 1480. The van der Waals surface area contributed by atoms with E-state index in [1.54, 1.807) is 19.9 Å². The first-order chi connectivity index (χ1) is 4.88. The Kier molecular flexibility index (Phi) is 24.7. The Balaban J connectivity index is -0.0000000886. The summed E-state index contributed by atoms with van der Waals surface area (Å²) in [6, 6.07) is 2.08. The molecule has 3 nitrogen and oxygen atoms in total. The zero-order valence-corrected chi connectivity index (χ0v) is 8.13. The summed E-state index contributed by atoms with van der Waals surface area (Å²) in [5.41, 5.74) is 5.11. The lowest BCUT2D eigenvalue weighted by molar-refractivity contribution is 0.216. The van der Waals surface area contributed by atoms with Crippen molar-refractivity contribution in [2.45, 2.75) is 46.8 Å². The van der Waals surface area contributed by atoms with Crippen LogP contribution in [0.2, 0.25) is 0 Å². The van der Waals surface area contributed by atoms with Gasteiger partial charge in [0.25, 0.3) is 0 Å². The first kappa shape index (κ1) is 16.8. The monoisotopic (exact) mass is 160 g/mol. The number of nitrogens with two attached hydrogens (primary N) is 1. The summed E-state index contributed by atoms with van der Waals surface area (Å²) >= 11 is 0. The minimum absolute atomic E-state index is 0.167. The summed E-state index contributed by atoms with van der Waals surface area (Å²) in [5, 5.41) is 15.4. The summed E-state index contributed by atoms with van der Waals surface area (Å²) in [6.45, 7) is 8.76. The highest BCUT2D eigenvalue weighted by Gasteiger charge is 1.69. The second-order valence-electron chi connectivity index (χ2n) is 2.56. The van der Waals surface area contributed by atoms with E-state index < -0.39 is 0 Å². The number of hydrogen-bond acceptors (Lipinski definition) is 3. The van der Waals surface area contributed by atoms with E-state index in [0.29, 0.717) is 6.04 Å². The second kappa shape index (κ2) is 16.2. The first-order valence-electron chi connectivity index (χ1n) is 3.62. The van der Waals surface area contributed by atoms with Gasteiger partial charge < -0.3 is 10.8 Å². The maximum Gasteiger partial charge on any atom is 0.0587 e. The van der Waals surface area contributed by atoms with Crippen molar-refractivity contribution in [1.82, 2.24) is 0 Å². The molecule has 0 heterocycles. The second-order valence-corrected chi connectivity index (χ2v) is 2.56. The first-order valence-corrected chi connectivity index (χ1v) is 3.62. The molecule has 0 radical (unpaired) electrons. The molecule has 0 aliphatic heterocycles. The van der Waals surface area contributed by atoms with Gasteiger partial charge in [0.15, 0.2) is 0 Å². The smallest absolute Gasteiger partial charge is 0.0587 e. The molecule has 0 bridgehead atoms. The van der Waals surface area contributed by atoms with Gasteiger partial charge >= 0.3 is 0 Å². The lowest BCUT2D eigenvalue weighted by Gasteiger charge is -1.81. The Morgan fingerprint density at radius 2 is 1.27 bits per heavy atom. The highest BCUT2D eigenvalue weighted by atomic mass is 16.3. The standard InChI is InChI=1S/C3H9N.C3H8O.C2H3N/c2*1-3(2)4;1-2-3/h3H,4H2,1-2H3;3-4H,1-2H3;1H3. The van der Waals surface area contributed by atoms with Crippen LogP contribution < -0.4 is 5.73 Å². The third-order valence-corrected chi connectivity index (χ3v) is 0. The molecule has 3 heteroatoms. The van der Waals surface area contributed by atoms with Crippen molar-refractivity contribution in [3.8, 4) is 6.07 Å². The Labute approximate surface area is 69.8 Å². The third-order valence-electron chi connectivity index (χ3n) is 0. The lowest BCUT2D eigenvalue weighted by Crippen LogP contribution is -2.06. The summed E-state index contributed by atoms with van der Waals surface area (Å²) in [6.07, 6.45) is -0.167. The quantitative estimate of drug-likeness (QED) is 0.560. The molecule has 0 fully saturated rings. The molecule has 0 aliphatic rings. The van der Waals surface area contributed by atoms with Crippen LogP contribution in [0.1, 0.15) is 34.6 Å². The number of hydrogen-bond donors (Lipinski definition) is 2. The number of nitrogens with zero attached hydrogens (tertiary/aromatic N) is 1. The van der Waals surface area contributed by atoms with Crippen molar-refractivity contribution < 1.29 is 5.11 Å². The maximum atomic E-state index is 8.06. The Bertz CT molecular complexity index is 73.1. The van der Waals surface area contributed by atoms with Gasteiger partial charge in [0.2, 0.25) is 0 Å². The molecule has 11 heavy (non-hydrogen) atoms. The van der Waals surface area contributed by atoms with Gasteiger partial charge in [-0.15, -0.1) is 0 Å². The van der Waals surface area contributed by atoms with Gasteiger partial charge in [0, 0.05) is 13.0 Å². The summed E-state index contributed by atoms with van der Waals surface area (Å²) in [5.74, 6) is 0. The highest BCUT2D eigenvalue weighted by Crippen LogP contribution is 1.65. The molecule has 0 aliphatic carbocycles. The molecule has 0 aromatic carbocycles. The van der Waals surface area contributed by atoms with E-state index in [1.165, 1.54) is 6.92 Å². The van der Waals surface area contributed by atoms with E-state index in [1.807, 2.05) is 13.8 Å². The number of aliphatic hydroxyl groups excluding tert-OH is 1. The Morgan fingerprint density at radius 1 is 1.27 bits per heavy atom. The minimum atomic E-state index is -0.167. The molecule has 68 valence electrons. The van der Waals surface area contributed by atoms with Crippen molar-refractivity contribution in [1.29, 1.82) is 5.26 Å². The predicted octanol–water partition coefficient (Wildman–Crippen LogP) is 1.27. The fraction of sp³-hybridized carbons (Fsp3) is 0.875. The average molecular weight is 160 g/mol. The Morgan fingerprint density at radius 3 is 1.27 bits per heavy atom. The van der Waals surface area contributed by atoms with Crippen molar-refractivity contribution in [3.05, 3.63) is 0 Å². The van der Waals surface area contributed by atoms with Crippen molar-refractivity contribution in [3.63, 3.8) is 0 Å². The fourth-order valence-electron chi connectivity index (χ4n) is 0. The number of nitriles is 1. The van der Waals surface area contributed by atoms with Gasteiger partial charge in [0.05, 0.1) is 6.07 Å². The van der Waals surface area contributed by atoms with E-state index in [4.69, 9.17) is 16.1 Å². The summed E-state index contributed by atoms with van der Waals surface area (Å²) in [4.78, 5) is 0. The van der Waals surface area contributed by atoms with Crippen LogP contribution in [0.25, 0.3) is 0 Å². The molecular weight excluding hydrogens is 140 g/mol. The summed E-state index contributed by atoms with van der Waals surface area (Å²) in [7, 11) is 0. The fourth-order valence-corrected chi connectivity index (χ4v) is 0. The van der Waals surface area contributed by atoms with Gasteiger partial charge in [-0.2, -0.15) is 5.26 Å². The van der Waals surface area contributed by atoms with Gasteiger partial charge in [-0.3, -0.25) is 0 Å². The topological polar surface area (TPSA) is 70.0 Å². The van der Waals surface area contributed by atoms with Crippen LogP contribution >= 0.6 is 0 Å². The van der Waals surface area contributed by atoms with Gasteiger partial charge in [0.1, 0.15) is 0 Å². The maximum absolute atomic E-state index is 8.06. The summed E-state index contributed by atoms with van der Waals surface area (Å²) < 4.78 is 0. The molecule has 0 saturated heterocycles. The van der Waals surface area contributed by atoms with Crippen LogP contribution in [0.4, 0.5) is 0 Å². The SMILES string of the molecule is CC#N.CC(C)N.CC(C)O. The lowest BCUT2D eigenvalue weighted by atomic mass is 10.5. The molecule has 3 N–H and O–H groups in total. The van der Waals surface area contributed by atoms with Crippen LogP contribution in [0.15, 0.2) is 0 Å². The highest BCUT2D eigenvalue weighted by molar-refractivity contribution is 4.51. The number of rotatable bonds is 0. The molecule has 0 amide bonds. The molecule has 0 spiro atoms. The van der Waals surface area contributed by atoms with E-state index in [2.05, 4.69) is 0 Å². The van der Waals surface area contributed by atoms with Crippen molar-refractivity contribution >= 4 is 0 Å². The van der Waals surface area contributed by atoms with Gasteiger partial charge in [-0.1, -0.05) is 13.8 Å². The van der Waals surface area contributed by atoms with E-state index in [9.17, 15) is 0 Å². The van der Waals surface area contributed by atoms with Crippen LogP contribution in [-0.2, 0) is 0 Å². The predicted molar refractivity (Wildman–Crippen MR) is 48.0 cm³/mol. The van der Waals surface area contributed by atoms with Crippen LogP contribution in [-0.4, -0.2) is 17.3 Å². The van der Waals surface area contributed by atoms with Crippen molar-refractivity contribution in [2.75, 3.05) is 0 Å². The number of aliphatic hydroxyl groups is 1. The molecule has 0 aromatic rings. The van der Waals surface area contributed by atoms with E-state index in [-0.39, 0.29) is 6.10 Å². The van der Waals surface area contributed by atoms with Crippen LogP contribution in [0.5, 0.6) is 0 Å². The molecule has 0 aromatic heterocycles. The van der Waals surface area contributed by atoms with Crippen LogP contribution in [0.3, 0.4) is 0 Å². The largest absolute Gasteiger partial charge is 0.394 e. The Hall–Kier alpha value is -0.590. The van der Waals surface area contributed by atoms with Crippen LogP contribution in [0, 0.1) is 11.3 Å². The van der Waals surface area contributed by atoms with E-state index >= 15 is 0 Å². The molecule has 0 rings (SSSR count). The average Bonchev–Trinajstić information content (AvgIpc) is 1.60. The van der Waals surface area contributed by atoms with Gasteiger partial charge in [-0.25, -0.2) is 0 Å².